The number of fused-ring (bicyclic) bond motifs is 1. The molecule has 1 heterocycles. The number of ether oxygens (including phenoxy) is 1. The van der Waals surface area contributed by atoms with Gasteiger partial charge in [-0.15, -0.1) is 0 Å². The lowest BCUT2D eigenvalue weighted by atomic mass is 9.73. The third-order valence-electron chi connectivity index (χ3n) is 4.97. The van der Waals surface area contributed by atoms with Crippen molar-refractivity contribution in [2.24, 2.45) is 5.92 Å². The van der Waals surface area contributed by atoms with Gasteiger partial charge in [0.1, 0.15) is 5.60 Å². The lowest BCUT2D eigenvalue weighted by Crippen LogP contribution is -2.49. The summed E-state index contributed by atoms with van der Waals surface area (Å²) >= 11 is 5.99. The number of hydrogen-bond acceptors (Lipinski definition) is 3. The van der Waals surface area contributed by atoms with Crippen molar-refractivity contribution in [1.82, 2.24) is 4.90 Å². The fourth-order valence-corrected chi connectivity index (χ4v) is 4.06. The van der Waals surface area contributed by atoms with E-state index in [1.165, 1.54) is 0 Å². The van der Waals surface area contributed by atoms with Gasteiger partial charge in [-0.1, -0.05) is 29.5 Å². The Kier molecular flexibility index (Phi) is 5.03. The van der Waals surface area contributed by atoms with Crippen molar-refractivity contribution in [3.63, 3.8) is 0 Å². The largest absolute Gasteiger partial charge is 0.450 e. The monoisotopic (exact) mass is 347 g/mol. The summed E-state index contributed by atoms with van der Waals surface area (Å²) < 4.78 is 5.14. The van der Waals surface area contributed by atoms with E-state index in [2.05, 4.69) is 11.8 Å². The van der Waals surface area contributed by atoms with Gasteiger partial charge in [0.15, 0.2) is 0 Å². The number of carbonyl (C=O) groups is 1. The van der Waals surface area contributed by atoms with Gasteiger partial charge in [0.2, 0.25) is 0 Å². The highest BCUT2D eigenvalue weighted by atomic mass is 35.5. The Morgan fingerprint density at radius 3 is 3.08 bits per heavy atom. The molecule has 5 heteroatoms. The second-order valence-electron chi connectivity index (χ2n) is 6.43. The summed E-state index contributed by atoms with van der Waals surface area (Å²) in [4.78, 5) is 13.9. The van der Waals surface area contributed by atoms with Gasteiger partial charge in [0.25, 0.3) is 0 Å². The first-order valence-electron chi connectivity index (χ1n) is 8.48. The van der Waals surface area contributed by atoms with E-state index in [0.29, 0.717) is 24.6 Å². The predicted molar refractivity (Wildman–Crippen MR) is 92.8 cm³/mol. The molecule has 1 saturated heterocycles. The number of rotatable bonds is 1. The molecule has 3 atom stereocenters. The molecule has 1 amide bonds. The molecule has 1 aliphatic carbocycles. The highest BCUT2D eigenvalue weighted by molar-refractivity contribution is 6.30. The zero-order valence-corrected chi connectivity index (χ0v) is 14.6. The Hall–Kier alpha value is -1.70. The average molecular weight is 348 g/mol. The molecule has 4 nitrogen and oxygen atoms in total. The molecule has 2 aliphatic rings. The quantitative estimate of drug-likeness (QED) is 0.791. The van der Waals surface area contributed by atoms with E-state index >= 15 is 0 Å². The minimum atomic E-state index is -1.06. The molecule has 3 rings (SSSR count). The molecule has 2 fully saturated rings. The first kappa shape index (κ1) is 17.1. The van der Waals surface area contributed by atoms with Crippen molar-refractivity contribution in [3.05, 3.63) is 34.9 Å². The van der Waals surface area contributed by atoms with Crippen LogP contribution in [0.4, 0.5) is 4.79 Å². The van der Waals surface area contributed by atoms with Crippen molar-refractivity contribution in [1.29, 1.82) is 0 Å². The minimum Gasteiger partial charge on any atom is -0.450 e. The second-order valence-corrected chi connectivity index (χ2v) is 6.87. The number of halogens is 1. The van der Waals surface area contributed by atoms with E-state index in [9.17, 15) is 9.90 Å². The number of aliphatic hydroxyl groups is 1. The van der Waals surface area contributed by atoms with Gasteiger partial charge < -0.3 is 14.7 Å². The molecule has 0 unspecified atom stereocenters. The number of hydrogen-bond donors (Lipinski definition) is 1. The topological polar surface area (TPSA) is 49.8 Å². The maximum atomic E-state index is 12.1. The molecule has 24 heavy (non-hydrogen) atoms. The van der Waals surface area contributed by atoms with Gasteiger partial charge in [0.05, 0.1) is 6.61 Å². The SMILES string of the molecule is CCOC(=O)N1CC[C@@H]2[C@H]1CCC[C@@]2(O)C#Cc1cccc(Cl)c1. The molecular formula is C19H22ClNO3. The summed E-state index contributed by atoms with van der Waals surface area (Å²) in [6, 6.07) is 7.32. The summed E-state index contributed by atoms with van der Waals surface area (Å²) in [5.74, 6) is 6.11. The summed E-state index contributed by atoms with van der Waals surface area (Å²) in [5, 5.41) is 11.7. The first-order valence-corrected chi connectivity index (χ1v) is 8.86. The Morgan fingerprint density at radius 2 is 2.33 bits per heavy atom. The van der Waals surface area contributed by atoms with Crippen molar-refractivity contribution >= 4 is 17.7 Å². The zero-order chi connectivity index (χ0) is 17.2. The highest BCUT2D eigenvalue weighted by Crippen LogP contribution is 2.42. The second kappa shape index (κ2) is 7.04. The average Bonchev–Trinajstić information content (AvgIpc) is 2.99. The van der Waals surface area contributed by atoms with E-state index < -0.39 is 5.60 Å². The molecule has 1 saturated carbocycles. The third-order valence-corrected chi connectivity index (χ3v) is 5.20. The standard InChI is InChI=1S/C19H22ClNO3/c1-2-24-18(22)21-12-9-16-17(21)7-4-10-19(16,23)11-8-14-5-3-6-15(20)13-14/h3,5-6,13,16-17,23H,2,4,7,9-10,12H2,1H3/t16-,17-,19-/m1/s1. The van der Waals surface area contributed by atoms with E-state index in [1.807, 2.05) is 12.1 Å². The van der Waals surface area contributed by atoms with Gasteiger partial charge in [0, 0.05) is 29.1 Å². The Labute approximate surface area is 147 Å². The Morgan fingerprint density at radius 1 is 1.50 bits per heavy atom. The van der Waals surface area contributed by atoms with Crippen LogP contribution < -0.4 is 0 Å². The van der Waals surface area contributed by atoms with Crippen LogP contribution in [0.25, 0.3) is 0 Å². The number of likely N-dealkylation sites (tertiary alicyclic amines) is 1. The van der Waals surface area contributed by atoms with Crippen LogP contribution in [-0.2, 0) is 4.74 Å². The molecule has 0 aromatic heterocycles. The number of amides is 1. The fourth-order valence-electron chi connectivity index (χ4n) is 3.87. The predicted octanol–water partition coefficient (Wildman–Crippen LogP) is 3.45. The van der Waals surface area contributed by atoms with Crippen LogP contribution in [0, 0.1) is 17.8 Å². The van der Waals surface area contributed by atoms with Crippen LogP contribution in [0.2, 0.25) is 5.02 Å². The van der Waals surface area contributed by atoms with Crippen LogP contribution in [0.3, 0.4) is 0 Å². The lowest BCUT2D eigenvalue weighted by molar-refractivity contribution is -0.0145. The van der Waals surface area contributed by atoms with Gasteiger partial charge in [-0.2, -0.15) is 0 Å². The van der Waals surface area contributed by atoms with Gasteiger partial charge in [-0.05, 0) is 50.8 Å². The van der Waals surface area contributed by atoms with Crippen molar-refractivity contribution < 1.29 is 14.6 Å². The fraction of sp³-hybridized carbons (Fsp3) is 0.526. The molecule has 1 N–H and O–H groups in total. The summed E-state index contributed by atoms with van der Waals surface area (Å²) in [5.41, 5.74) is -0.273. The van der Waals surface area contributed by atoms with Gasteiger partial charge in [-0.25, -0.2) is 4.79 Å². The smallest absolute Gasteiger partial charge is 0.410 e. The normalized spacial score (nSPS) is 28.7. The summed E-state index contributed by atoms with van der Waals surface area (Å²) in [6.07, 6.45) is 2.85. The zero-order valence-electron chi connectivity index (χ0n) is 13.8. The molecule has 128 valence electrons. The van der Waals surface area contributed by atoms with Crippen molar-refractivity contribution in [2.45, 2.75) is 44.2 Å². The molecule has 1 aliphatic heterocycles. The third kappa shape index (κ3) is 3.38. The maximum absolute atomic E-state index is 12.1. The van der Waals surface area contributed by atoms with Gasteiger partial charge in [-0.3, -0.25) is 0 Å². The number of carbonyl (C=O) groups excluding carboxylic acids is 1. The van der Waals surface area contributed by atoms with Crippen LogP contribution in [0.5, 0.6) is 0 Å². The highest BCUT2D eigenvalue weighted by Gasteiger charge is 2.50. The number of nitrogens with zero attached hydrogens (tertiary/aromatic N) is 1. The molecule has 0 radical (unpaired) electrons. The van der Waals surface area contributed by atoms with Crippen molar-refractivity contribution in [2.75, 3.05) is 13.2 Å². The van der Waals surface area contributed by atoms with E-state index in [1.54, 1.807) is 24.0 Å². The number of benzene rings is 1. The molecule has 1 aromatic rings. The minimum absolute atomic E-state index is 0.0106. The molecular weight excluding hydrogens is 326 g/mol. The van der Waals surface area contributed by atoms with Crippen LogP contribution in [0.1, 0.15) is 38.2 Å². The van der Waals surface area contributed by atoms with Crippen LogP contribution >= 0.6 is 11.6 Å². The Bertz CT molecular complexity index is 681. The van der Waals surface area contributed by atoms with E-state index in [4.69, 9.17) is 16.3 Å². The van der Waals surface area contributed by atoms with Crippen LogP contribution in [-0.4, -0.2) is 40.9 Å². The van der Waals surface area contributed by atoms with Crippen LogP contribution in [0.15, 0.2) is 24.3 Å². The van der Waals surface area contributed by atoms with Gasteiger partial charge >= 0.3 is 6.09 Å². The molecule has 1 aromatic carbocycles. The lowest BCUT2D eigenvalue weighted by Gasteiger charge is -2.39. The van der Waals surface area contributed by atoms with Crippen molar-refractivity contribution in [3.8, 4) is 11.8 Å². The first-order chi connectivity index (χ1) is 11.5. The Balaban J connectivity index is 1.80. The molecule has 0 spiro atoms. The van der Waals surface area contributed by atoms with E-state index in [-0.39, 0.29) is 18.1 Å². The van der Waals surface area contributed by atoms with E-state index in [0.717, 1.165) is 24.8 Å². The summed E-state index contributed by atoms with van der Waals surface area (Å²) in [7, 11) is 0. The summed E-state index contributed by atoms with van der Waals surface area (Å²) in [6.45, 7) is 2.79. The maximum Gasteiger partial charge on any atom is 0.410 e. The molecule has 0 bridgehead atoms.